The summed E-state index contributed by atoms with van der Waals surface area (Å²) in [6.45, 7) is 3.81. The highest BCUT2D eigenvalue weighted by molar-refractivity contribution is 5.96. The molecule has 0 atom stereocenters. The molecule has 5 rings (SSSR count). The molecule has 0 saturated carbocycles. The summed E-state index contributed by atoms with van der Waals surface area (Å²) in [6.07, 6.45) is 6.60. The Balaban J connectivity index is 1.50. The lowest BCUT2D eigenvalue weighted by molar-refractivity contribution is 0.0664. The van der Waals surface area contributed by atoms with Crippen molar-refractivity contribution in [1.29, 1.82) is 0 Å². The number of hydrogen-bond acceptors (Lipinski definition) is 6. The second-order valence-electron chi connectivity index (χ2n) is 8.40. The van der Waals surface area contributed by atoms with Crippen LogP contribution in [0, 0.1) is 0 Å². The molecule has 33 heavy (non-hydrogen) atoms. The first-order chi connectivity index (χ1) is 16.1. The maximum absolute atomic E-state index is 13.3. The van der Waals surface area contributed by atoms with E-state index in [1.165, 1.54) is 0 Å². The van der Waals surface area contributed by atoms with Crippen LogP contribution in [0.15, 0.2) is 60.8 Å². The Morgan fingerprint density at radius 1 is 1.06 bits per heavy atom. The number of carbonyl (C=O) groups excluding carboxylic acids is 1. The number of nitrogens with zero attached hydrogens (tertiary/aromatic N) is 4. The Bertz CT molecular complexity index is 1180. The van der Waals surface area contributed by atoms with E-state index in [-0.39, 0.29) is 5.91 Å². The van der Waals surface area contributed by atoms with Crippen molar-refractivity contribution in [2.45, 2.75) is 6.42 Å². The third kappa shape index (κ3) is 5.04. The Morgan fingerprint density at radius 2 is 1.94 bits per heavy atom. The standard InChI is InChI=1S/C26H27N5O2/c1-30-10-12-31(13-11-30)25(32)21-15-19-5-2-3-14-33-23-7-4-6-20(18-23)24-8-9-27-26(29-24)28-22(16-19)17-21/h2,4-9,15-18H,3,10-14H2,1H3,(H,27,28,29). The van der Waals surface area contributed by atoms with Crippen LogP contribution in [0.5, 0.6) is 5.75 Å². The van der Waals surface area contributed by atoms with Gasteiger partial charge >= 0.3 is 0 Å². The van der Waals surface area contributed by atoms with Crippen LogP contribution >= 0.6 is 0 Å². The van der Waals surface area contributed by atoms with Gasteiger partial charge < -0.3 is 19.9 Å². The van der Waals surface area contributed by atoms with Gasteiger partial charge in [-0.2, -0.15) is 0 Å². The molecular formula is C26H27N5O2. The normalized spacial score (nSPS) is 16.2. The van der Waals surface area contributed by atoms with Gasteiger partial charge in [0.1, 0.15) is 5.75 Å². The zero-order valence-corrected chi connectivity index (χ0v) is 18.7. The summed E-state index contributed by atoms with van der Waals surface area (Å²) in [5.41, 5.74) is 4.15. The smallest absolute Gasteiger partial charge is 0.254 e. The number of amides is 1. The lowest BCUT2D eigenvalue weighted by Crippen LogP contribution is -2.47. The number of anilines is 2. The zero-order valence-electron chi connectivity index (χ0n) is 18.7. The van der Waals surface area contributed by atoms with E-state index < -0.39 is 0 Å². The highest BCUT2D eigenvalue weighted by atomic mass is 16.5. The molecule has 1 amide bonds. The van der Waals surface area contributed by atoms with Crippen LogP contribution in [0.1, 0.15) is 22.3 Å². The Labute approximate surface area is 193 Å². The Kier molecular flexibility index (Phi) is 6.04. The number of piperazine rings is 1. The first-order valence-electron chi connectivity index (χ1n) is 11.3. The number of benzene rings is 2. The van der Waals surface area contributed by atoms with E-state index in [2.05, 4.69) is 33.3 Å². The van der Waals surface area contributed by atoms with Crippen LogP contribution in [0.25, 0.3) is 17.3 Å². The minimum atomic E-state index is 0.0494. The van der Waals surface area contributed by atoms with E-state index >= 15 is 0 Å². The van der Waals surface area contributed by atoms with Gasteiger partial charge in [-0.1, -0.05) is 24.3 Å². The van der Waals surface area contributed by atoms with E-state index in [1.54, 1.807) is 6.20 Å². The summed E-state index contributed by atoms with van der Waals surface area (Å²) >= 11 is 0. The molecule has 1 saturated heterocycles. The predicted octanol–water partition coefficient (Wildman–Crippen LogP) is 4.07. The lowest BCUT2D eigenvalue weighted by Gasteiger charge is -2.32. The molecular weight excluding hydrogens is 414 g/mol. The first-order valence-corrected chi connectivity index (χ1v) is 11.3. The molecule has 168 valence electrons. The highest BCUT2D eigenvalue weighted by Crippen LogP contribution is 2.25. The van der Waals surface area contributed by atoms with E-state index in [4.69, 9.17) is 4.74 Å². The summed E-state index contributed by atoms with van der Waals surface area (Å²) in [6, 6.07) is 15.6. The molecule has 0 radical (unpaired) electrons. The van der Waals surface area contributed by atoms with Crippen LogP contribution in [0.3, 0.4) is 0 Å². The highest BCUT2D eigenvalue weighted by Gasteiger charge is 2.21. The minimum absolute atomic E-state index is 0.0494. The number of carbonyl (C=O) groups is 1. The van der Waals surface area contributed by atoms with Gasteiger partial charge in [0.2, 0.25) is 5.95 Å². The maximum Gasteiger partial charge on any atom is 0.254 e. The van der Waals surface area contributed by atoms with Crippen molar-refractivity contribution in [2.75, 3.05) is 45.2 Å². The molecule has 0 spiro atoms. The molecule has 6 bridgehead atoms. The summed E-state index contributed by atoms with van der Waals surface area (Å²) in [7, 11) is 2.08. The fourth-order valence-electron chi connectivity index (χ4n) is 4.05. The molecule has 3 aromatic rings. The first kappa shape index (κ1) is 21.2. The molecule has 2 aliphatic rings. The molecule has 1 aromatic heterocycles. The largest absolute Gasteiger partial charge is 0.493 e. The second kappa shape index (κ2) is 9.42. The SMILES string of the molecule is CN1CCN(C(=O)c2cc3cc(c2)Nc2nccc(n2)-c2cccc(c2)OCCC=C3)CC1. The fourth-order valence-corrected chi connectivity index (χ4v) is 4.05. The average molecular weight is 442 g/mol. The van der Waals surface area contributed by atoms with Crippen LogP contribution in [0.4, 0.5) is 11.6 Å². The van der Waals surface area contributed by atoms with E-state index in [0.29, 0.717) is 18.1 Å². The van der Waals surface area contributed by atoms with Gasteiger partial charge in [0.15, 0.2) is 0 Å². The number of likely N-dealkylation sites (N-methyl/N-ethyl adjacent to an activating group) is 1. The number of ether oxygens (including phenoxy) is 1. The Hall–Kier alpha value is -3.71. The number of fused-ring (bicyclic) bond motifs is 7. The van der Waals surface area contributed by atoms with Gasteiger partial charge in [-0.05, 0) is 55.4 Å². The number of hydrogen-bond donors (Lipinski definition) is 1. The number of rotatable bonds is 1. The quantitative estimate of drug-likeness (QED) is 0.614. The van der Waals surface area contributed by atoms with Gasteiger partial charge in [-0.25, -0.2) is 9.97 Å². The minimum Gasteiger partial charge on any atom is -0.493 e. The van der Waals surface area contributed by atoms with Crippen molar-refractivity contribution < 1.29 is 9.53 Å². The van der Waals surface area contributed by atoms with Crippen molar-refractivity contribution in [1.82, 2.24) is 19.8 Å². The van der Waals surface area contributed by atoms with Crippen LogP contribution in [0.2, 0.25) is 0 Å². The number of aromatic nitrogens is 2. The second-order valence-corrected chi connectivity index (χ2v) is 8.40. The van der Waals surface area contributed by atoms with E-state index in [1.807, 2.05) is 59.5 Å². The van der Waals surface area contributed by atoms with Crippen molar-refractivity contribution in [3.8, 4) is 17.0 Å². The third-order valence-corrected chi connectivity index (χ3v) is 5.90. The van der Waals surface area contributed by atoms with Crippen molar-refractivity contribution in [2.24, 2.45) is 0 Å². The third-order valence-electron chi connectivity index (χ3n) is 5.90. The maximum atomic E-state index is 13.3. The van der Waals surface area contributed by atoms with Crippen molar-refractivity contribution in [3.05, 3.63) is 71.9 Å². The van der Waals surface area contributed by atoms with Crippen molar-refractivity contribution in [3.63, 3.8) is 0 Å². The summed E-state index contributed by atoms with van der Waals surface area (Å²) in [4.78, 5) is 26.5. The number of nitrogens with one attached hydrogen (secondary N) is 1. The average Bonchev–Trinajstić information content (AvgIpc) is 2.84. The molecule has 7 nitrogen and oxygen atoms in total. The molecule has 2 aromatic carbocycles. The molecule has 1 fully saturated rings. The monoisotopic (exact) mass is 441 g/mol. The molecule has 1 N–H and O–H groups in total. The van der Waals surface area contributed by atoms with Crippen LogP contribution in [-0.2, 0) is 0 Å². The van der Waals surface area contributed by atoms with E-state index in [0.717, 1.165) is 60.9 Å². The summed E-state index contributed by atoms with van der Waals surface area (Å²) in [5, 5.41) is 3.30. The molecule has 0 aliphatic carbocycles. The van der Waals surface area contributed by atoms with Gasteiger partial charge in [0.05, 0.1) is 12.3 Å². The van der Waals surface area contributed by atoms with Crippen LogP contribution < -0.4 is 10.1 Å². The van der Waals surface area contributed by atoms with Crippen molar-refractivity contribution >= 4 is 23.6 Å². The van der Waals surface area contributed by atoms with Crippen LogP contribution in [-0.4, -0.2) is 65.5 Å². The molecule has 7 heteroatoms. The molecule has 3 heterocycles. The molecule has 2 aliphatic heterocycles. The predicted molar refractivity (Wildman–Crippen MR) is 130 cm³/mol. The van der Waals surface area contributed by atoms with Gasteiger partial charge in [0, 0.05) is 49.2 Å². The van der Waals surface area contributed by atoms with Gasteiger partial charge in [-0.3, -0.25) is 4.79 Å². The Morgan fingerprint density at radius 3 is 2.82 bits per heavy atom. The van der Waals surface area contributed by atoms with E-state index in [9.17, 15) is 4.79 Å². The zero-order chi connectivity index (χ0) is 22.6. The lowest BCUT2D eigenvalue weighted by atomic mass is 10.1. The van der Waals surface area contributed by atoms with Gasteiger partial charge in [-0.15, -0.1) is 0 Å². The topological polar surface area (TPSA) is 70.6 Å². The summed E-state index contributed by atoms with van der Waals surface area (Å²) < 4.78 is 5.92. The molecule has 0 unspecified atom stereocenters. The fraction of sp³-hybridized carbons (Fsp3) is 0.269. The summed E-state index contributed by atoms with van der Waals surface area (Å²) in [5.74, 6) is 1.34. The van der Waals surface area contributed by atoms with Gasteiger partial charge in [0.25, 0.3) is 5.91 Å².